The lowest BCUT2D eigenvalue weighted by atomic mass is 10.1. The predicted molar refractivity (Wildman–Crippen MR) is 112 cm³/mol. The van der Waals surface area contributed by atoms with Crippen molar-refractivity contribution in [3.05, 3.63) is 83.8 Å². The monoisotopic (exact) mass is 406 g/mol. The smallest absolute Gasteiger partial charge is 0.246 e. The molecule has 0 radical (unpaired) electrons. The molecule has 1 atom stereocenters. The van der Waals surface area contributed by atoms with Crippen LogP contribution in [0.1, 0.15) is 24.2 Å². The van der Waals surface area contributed by atoms with Gasteiger partial charge >= 0.3 is 0 Å². The van der Waals surface area contributed by atoms with Crippen LogP contribution in [0, 0.1) is 0 Å². The van der Waals surface area contributed by atoms with Crippen molar-refractivity contribution >= 4 is 29.2 Å². The first kappa shape index (κ1) is 18.9. The number of aromatic nitrogens is 5. The van der Waals surface area contributed by atoms with E-state index in [2.05, 4.69) is 15.1 Å². The van der Waals surface area contributed by atoms with Crippen molar-refractivity contribution in [2.45, 2.75) is 13.0 Å². The summed E-state index contributed by atoms with van der Waals surface area (Å²) in [6, 6.07) is 13.4. The highest BCUT2D eigenvalue weighted by molar-refractivity contribution is 6.31. The topological polar surface area (TPSA) is 68.3 Å². The summed E-state index contributed by atoms with van der Waals surface area (Å²) >= 11 is 6.23. The molecule has 4 rings (SSSR count). The van der Waals surface area contributed by atoms with Crippen LogP contribution in [0.2, 0.25) is 5.15 Å². The zero-order chi connectivity index (χ0) is 20.4. The maximum absolute atomic E-state index is 12.7. The standard InChI is InChI=1S/C21H19ClN6O/c1-15(16-6-8-17(9-7-16)28-14-23-13-24-28)26(2)20(29)11-10-18-21(22)25-19-5-3-4-12-27(18)19/h3-15H,1-2H3/b11-10+/t15-/m0/s1. The first-order valence-corrected chi connectivity index (χ1v) is 9.45. The summed E-state index contributed by atoms with van der Waals surface area (Å²) in [5, 5.41) is 4.48. The van der Waals surface area contributed by atoms with E-state index in [1.54, 1.807) is 29.0 Å². The van der Waals surface area contributed by atoms with E-state index in [1.165, 1.54) is 12.4 Å². The lowest BCUT2D eigenvalue weighted by Crippen LogP contribution is -2.28. The van der Waals surface area contributed by atoms with Crippen molar-refractivity contribution in [2.24, 2.45) is 0 Å². The third-order valence-corrected chi connectivity index (χ3v) is 5.17. The first-order chi connectivity index (χ1) is 14.0. The van der Waals surface area contributed by atoms with Gasteiger partial charge in [0, 0.05) is 19.3 Å². The number of nitrogens with zero attached hydrogens (tertiary/aromatic N) is 6. The molecule has 0 aliphatic carbocycles. The maximum atomic E-state index is 12.7. The number of carbonyl (C=O) groups excluding carboxylic acids is 1. The molecule has 3 aromatic heterocycles. The molecule has 0 fully saturated rings. The van der Waals surface area contributed by atoms with Crippen molar-refractivity contribution in [2.75, 3.05) is 7.05 Å². The van der Waals surface area contributed by atoms with Crippen LogP contribution in [0.25, 0.3) is 17.4 Å². The number of fused-ring (bicyclic) bond motifs is 1. The minimum atomic E-state index is -0.125. The number of hydrogen-bond donors (Lipinski definition) is 0. The molecule has 0 saturated heterocycles. The van der Waals surface area contributed by atoms with Gasteiger partial charge in [-0.05, 0) is 42.8 Å². The van der Waals surface area contributed by atoms with E-state index in [0.29, 0.717) is 10.8 Å². The molecule has 0 spiro atoms. The van der Waals surface area contributed by atoms with E-state index < -0.39 is 0 Å². The molecule has 1 aromatic carbocycles. The van der Waals surface area contributed by atoms with E-state index in [1.807, 2.05) is 60.0 Å². The van der Waals surface area contributed by atoms with Crippen LogP contribution in [-0.4, -0.2) is 42.0 Å². The Hall–Kier alpha value is -3.45. The zero-order valence-electron chi connectivity index (χ0n) is 16.0. The van der Waals surface area contributed by atoms with Gasteiger partial charge in [0.2, 0.25) is 5.91 Å². The van der Waals surface area contributed by atoms with Crippen LogP contribution in [-0.2, 0) is 4.79 Å². The summed E-state index contributed by atoms with van der Waals surface area (Å²) in [5.74, 6) is -0.125. The van der Waals surface area contributed by atoms with Crippen LogP contribution < -0.4 is 0 Å². The van der Waals surface area contributed by atoms with Crippen molar-refractivity contribution in [3.63, 3.8) is 0 Å². The van der Waals surface area contributed by atoms with Gasteiger partial charge in [-0.3, -0.25) is 9.20 Å². The second kappa shape index (κ2) is 7.89. The molecule has 0 bridgehead atoms. The average Bonchev–Trinajstić information content (AvgIpc) is 3.39. The number of halogens is 1. The second-order valence-electron chi connectivity index (χ2n) is 6.61. The molecule has 0 aliphatic heterocycles. The Morgan fingerprint density at radius 1 is 1.21 bits per heavy atom. The number of imidazole rings is 1. The van der Waals surface area contributed by atoms with Gasteiger partial charge in [0.1, 0.15) is 18.3 Å². The highest BCUT2D eigenvalue weighted by atomic mass is 35.5. The van der Waals surface area contributed by atoms with Gasteiger partial charge in [-0.1, -0.05) is 29.8 Å². The van der Waals surface area contributed by atoms with Crippen molar-refractivity contribution in [3.8, 4) is 5.69 Å². The van der Waals surface area contributed by atoms with E-state index in [9.17, 15) is 4.79 Å². The van der Waals surface area contributed by atoms with Gasteiger partial charge in [-0.15, -0.1) is 0 Å². The third kappa shape index (κ3) is 3.77. The Morgan fingerprint density at radius 3 is 2.72 bits per heavy atom. The molecule has 7 nitrogen and oxygen atoms in total. The molecule has 0 aliphatic rings. The van der Waals surface area contributed by atoms with E-state index in [-0.39, 0.29) is 11.9 Å². The summed E-state index contributed by atoms with van der Waals surface area (Å²) in [6.45, 7) is 1.98. The molecule has 0 unspecified atom stereocenters. The van der Waals surface area contributed by atoms with E-state index in [0.717, 1.165) is 16.9 Å². The number of carbonyl (C=O) groups is 1. The molecule has 0 N–H and O–H groups in total. The minimum absolute atomic E-state index is 0.102. The molecular formula is C21H19ClN6O. The fourth-order valence-corrected chi connectivity index (χ4v) is 3.31. The minimum Gasteiger partial charge on any atom is -0.335 e. The summed E-state index contributed by atoms with van der Waals surface area (Å²) in [7, 11) is 1.78. The Kier molecular flexibility index (Phi) is 5.14. The van der Waals surface area contributed by atoms with Gasteiger partial charge in [-0.2, -0.15) is 5.10 Å². The summed E-state index contributed by atoms with van der Waals surface area (Å²) in [6.07, 6.45) is 8.21. The highest BCUT2D eigenvalue weighted by Gasteiger charge is 2.16. The van der Waals surface area contributed by atoms with Crippen LogP contribution in [0.4, 0.5) is 0 Å². The van der Waals surface area contributed by atoms with Gasteiger partial charge in [0.05, 0.1) is 17.4 Å². The molecular weight excluding hydrogens is 388 g/mol. The molecule has 4 aromatic rings. The third-order valence-electron chi connectivity index (χ3n) is 4.89. The highest BCUT2D eigenvalue weighted by Crippen LogP contribution is 2.22. The molecule has 0 saturated carbocycles. The SMILES string of the molecule is C[C@@H](c1ccc(-n2cncn2)cc1)N(C)C(=O)/C=C/c1c(Cl)nc2ccccn12. The number of likely N-dealkylation sites (N-methyl/N-ethyl adjacent to an activating group) is 1. The van der Waals surface area contributed by atoms with Crippen molar-refractivity contribution in [1.29, 1.82) is 0 Å². The fraction of sp³-hybridized carbons (Fsp3) is 0.143. The van der Waals surface area contributed by atoms with E-state index in [4.69, 9.17) is 11.6 Å². The second-order valence-corrected chi connectivity index (χ2v) is 6.96. The van der Waals surface area contributed by atoms with Crippen molar-refractivity contribution in [1.82, 2.24) is 29.0 Å². The van der Waals surface area contributed by atoms with E-state index >= 15 is 0 Å². The number of rotatable bonds is 5. The Labute approximate surface area is 172 Å². The number of pyridine rings is 1. The van der Waals surface area contributed by atoms with Crippen molar-refractivity contribution < 1.29 is 4.79 Å². The fourth-order valence-electron chi connectivity index (χ4n) is 3.06. The summed E-state index contributed by atoms with van der Waals surface area (Å²) in [5.41, 5.74) is 3.34. The van der Waals surface area contributed by atoms with Crippen LogP contribution in [0.3, 0.4) is 0 Å². The van der Waals surface area contributed by atoms with Gasteiger partial charge in [-0.25, -0.2) is 14.6 Å². The lowest BCUT2D eigenvalue weighted by molar-refractivity contribution is -0.126. The zero-order valence-corrected chi connectivity index (χ0v) is 16.7. The molecule has 3 heterocycles. The molecule has 8 heteroatoms. The van der Waals surface area contributed by atoms with Gasteiger partial charge < -0.3 is 4.90 Å². The summed E-state index contributed by atoms with van der Waals surface area (Å²) in [4.78, 5) is 22.6. The van der Waals surface area contributed by atoms with Gasteiger partial charge in [0.15, 0.2) is 5.15 Å². The van der Waals surface area contributed by atoms with Gasteiger partial charge in [0.25, 0.3) is 0 Å². The maximum Gasteiger partial charge on any atom is 0.246 e. The van der Waals surface area contributed by atoms with Crippen LogP contribution >= 0.6 is 11.6 Å². The Morgan fingerprint density at radius 2 is 2.00 bits per heavy atom. The molecule has 1 amide bonds. The average molecular weight is 407 g/mol. The normalized spacial score (nSPS) is 12.5. The summed E-state index contributed by atoms with van der Waals surface area (Å²) < 4.78 is 3.53. The lowest BCUT2D eigenvalue weighted by Gasteiger charge is -2.24. The number of amides is 1. The largest absolute Gasteiger partial charge is 0.335 e. The predicted octanol–water partition coefficient (Wildman–Crippen LogP) is 3.80. The quantitative estimate of drug-likeness (QED) is 0.473. The molecule has 29 heavy (non-hydrogen) atoms. The number of hydrogen-bond acceptors (Lipinski definition) is 4. The Balaban J connectivity index is 1.49. The first-order valence-electron chi connectivity index (χ1n) is 9.07. The molecule has 146 valence electrons. The van der Waals surface area contributed by atoms with Crippen LogP contribution in [0.15, 0.2) is 67.4 Å². The van der Waals surface area contributed by atoms with Crippen LogP contribution in [0.5, 0.6) is 0 Å². The number of benzene rings is 1. The Bertz CT molecular complexity index is 1160.